The Bertz CT molecular complexity index is 483. The van der Waals surface area contributed by atoms with Gasteiger partial charge in [-0.15, -0.1) is 0 Å². The first-order valence-corrected chi connectivity index (χ1v) is 6.45. The van der Waals surface area contributed by atoms with Crippen LogP contribution in [-0.4, -0.2) is 24.6 Å². The Kier molecular flexibility index (Phi) is 5.39. The number of anilines is 1. The van der Waals surface area contributed by atoms with Gasteiger partial charge in [0.15, 0.2) is 0 Å². The van der Waals surface area contributed by atoms with Gasteiger partial charge in [0.2, 0.25) is 5.91 Å². The fourth-order valence-corrected chi connectivity index (χ4v) is 1.67. The molecule has 1 aromatic rings. The van der Waals surface area contributed by atoms with Crippen LogP contribution in [0.4, 0.5) is 5.69 Å². The smallest absolute Gasteiger partial charge is 0.223 e. The van der Waals surface area contributed by atoms with E-state index in [1.807, 2.05) is 32.9 Å². The molecule has 0 saturated heterocycles. The number of nitrogens with one attached hydrogen (secondary N) is 2. The summed E-state index contributed by atoms with van der Waals surface area (Å²) in [6.45, 7) is 5.72. The number of hydrogen-bond donors (Lipinski definition) is 2. The van der Waals surface area contributed by atoms with Crippen molar-refractivity contribution in [2.75, 3.05) is 12.4 Å². The van der Waals surface area contributed by atoms with E-state index >= 15 is 0 Å². The van der Waals surface area contributed by atoms with Gasteiger partial charge in [-0.3, -0.25) is 4.79 Å². The van der Waals surface area contributed by atoms with Crippen molar-refractivity contribution in [1.29, 1.82) is 5.26 Å². The third kappa shape index (κ3) is 5.61. The average molecular weight is 275 g/mol. The normalized spacial score (nSPS) is 12.2. The number of carbonyl (C=O) groups excluding carboxylic acids is 1. The Labute approximate surface area is 119 Å². The molecule has 0 fully saturated rings. The second-order valence-electron chi connectivity index (χ2n) is 5.56. The molecule has 20 heavy (non-hydrogen) atoms. The van der Waals surface area contributed by atoms with Crippen molar-refractivity contribution in [3.05, 3.63) is 24.3 Å². The van der Waals surface area contributed by atoms with Gasteiger partial charge in [-0.1, -0.05) is 0 Å². The first kappa shape index (κ1) is 15.8. The van der Waals surface area contributed by atoms with Crippen LogP contribution < -0.4 is 15.4 Å². The van der Waals surface area contributed by atoms with Crippen LogP contribution in [0.3, 0.4) is 0 Å². The van der Waals surface area contributed by atoms with Gasteiger partial charge in [0.25, 0.3) is 0 Å². The van der Waals surface area contributed by atoms with Crippen molar-refractivity contribution >= 4 is 11.6 Å². The Morgan fingerprint density at radius 2 is 1.95 bits per heavy atom. The molecule has 0 radical (unpaired) electrons. The fourth-order valence-electron chi connectivity index (χ4n) is 1.67. The first-order chi connectivity index (χ1) is 9.34. The highest BCUT2D eigenvalue weighted by Gasteiger charge is 2.18. The van der Waals surface area contributed by atoms with Gasteiger partial charge in [0.05, 0.1) is 19.6 Å². The van der Waals surface area contributed by atoms with Crippen molar-refractivity contribution in [1.82, 2.24) is 5.32 Å². The number of carbonyl (C=O) groups is 1. The third-order valence-corrected chi connectivity index (χ3v) is 2.49. The van der Waals surface area contributed by atoms with Crippen LogP contribution in [-0.2, 0) is 4.79 Å². The summed E-state index contributed by atoms with van der Waals surface area (Å²) in [5, 5.41) is 15.0. The van der Waals surface area contributed by atoms with E-state index in [4.69, 9.17) is 10.00 Å². The summed E-state index contributed by atoms with van der Waals surface area (Å²) in [7, 11) is 1.59. The molecule has 0 heterocycles. The Morgan fingerprint density at radius 1 is 1.35 bits per heavy atom. The molecule has 1 amide bonds. The van der Waals surface area contributed by atoms with E-state index in [2.05, 4.69) is 16.7 Å². The fraction of sp³-hybridized carbons (Fsp3) is 0.467. The molecule has 108 valence electrons. The summed E-state index contributed by atoms with van der Waals surface area (Å²) < 4.78 is 5.06. The summed E-state index contributed by atoms with van der Waals surface area (Å²) in [5.74, 6) is 0.597. The van der Waals surface area contributed by atoms with E-state index in [0.29, 0.717) is 0 Å². The van der Waals surface area contributed by atoms with Crippen LogP contribution in [0.15, 0.2) is 24.3 Å². The van der Waals surface area contributed by atoms with Crippen LogP contribution in [0.1, 0.15) is 27.2 Å². The van der Waals surface area contributed by atoms with Gasteiger partial charge in [-0.2, -0.15) is 5.26 Å². The minimum absolute atomic E-state index is 0.111. The lowest BCUT2D eigenvalue weighted by molar-refractivity contribution is -0.122. The number of hydrogen-bond acceptors (Lipinski definition) is 4. The molecule has 0 aliphatic heterocycles. The molecule has 0 aliphatic rings. The van der Waals surface area contributed by atoms with Gasteiger partial charge < -0.3 is 15.4 Å². The van der Waals surface area contributed by atoms with E-state index in [9.17, 15) is 4.79 Å². The maximum Gasteiger partial charge on any atom is 0.223 e. The second-order valence-corrected chi connectivity index (χ2v) is 5.56. The third-order valence-electron chi connectivity index (χ3n) is 2.49. The predicted molar refractivity (Wildman–Crippen MR) is 78.5 cm³/mol. The van der Waals surface area contributed by atoms with Gasteiger partial charge in [0, 0.05) is 11.2 Å². The quantitative estimate of drug-likeness (QED) is 0.864. The topological polar surface area (TPSA) is 74.1 Å². The standard InChI is InChI=1S/C15H21N3O2/c1-15(2,3)18-14(19)9-12(10-16)17-11-5-7-13(20-4)8-6-11/h5-8,12,17H,9H2,1-4H3,(H,18,19). The summed E-state index contributed by atoms with van der Waals surface area (Å²) in [4.78, 5) is 11.8. The number of methoxy groups -OCH3 is 1. The van der Waals surface area contributed by atoms with Crippen molar-refractivity contribution in [3.63, 3.8) is 0 Å². The summed E-state index contributed by atoms with van der Waals surface area (Å²) >= 11 is 0. The summed E-state index contributed by atoms with van der Waals surface area (Å²) in [5.41, 5.74) is 0.484. The summed E-state index contributed by atoms with van der Waals surface area (Å²) in [6.07, 6.45) is 0.111. The molecule has 0 aromatic heterocycles. The molecule has 0 aliphatic carbocycles. The maximum absolute atomic E-state index is 11.8. The monoisotopic (exact) mass is 275 g/mol. The highest BCUT2D eigenvalue weighted by atomic mass is 16.5. The molecule has 1 rings (SSSR count). The van der Waals surface area contributed by atoms with Crippen LogP contribution in [0.25, 0.3) is 0 Å². The van der Waals surface area contributed by atoms with Gasteiger partial charge in [-0.05, 0) is 45.0 Å². The zero-order chi connectivity index (χ0) is 15.2. The molecule has 1 atom stereocenters. The lowest BCUT2D eigenvalue weighted by Gasteiger charge is -2.21. The molecular weight excluding hydrogens is 254 g/mol. The minimum atomic E-state index is -0.564. The molecule has 0 spiro atoms. The average Bonchev–Trinajstić information content (AvgIpc) is 2.36. The zero-order valence-electron chi connectivity index (χ0n) is 12.4. The molecule has 1 unspecified atom stereocenters. The van der Waals surface area contributed by atoms with Crippen molar-refractivity contribution in [2.45, 2.75) is 38.8 Å². The second kappa shape index (κ2) is 6.80. The summed E-state index contributed by atoms with van der Waals surface area (Å²) in [6, 6.07) is 8.74. The van der Waals surface area contributed by atoms with E-state index < -0.39 is 6.04 Å². The van der Waals surface area contributed by atoms with E-state index in [-0.39, 0.29) is 17.9 Å². The molecule has 1 aromatic carbocycles. The number of ether oxygens (including phenoxy) is 1. The largest absolute Gasteiger partial charge is 0.497 e. The number of nitriles is 1. The van der Waals surface area contributed by atoms with Crippen molar-refractivity contribution < 1.29 is 9.53 Å². The Hall–Kier alpha value is -2.22. The van der Waals surface area contributed by atoms with Crippen molar-refractivity contribution in [3.8, 4) is 11.8 Å². The lowest BCUT2D eigenvalue weighted by atomic mass is 10.1. The molecule has 5 heteroatoms. The van der Waals surface area contributed by atoms with Crippen LogP contribution in [0.5, 0.6) is 5.75 Å². The number of rotatable bonds is 5. The molecule has 0 saturated carbocycles. The molecule has 2 N–H and O–H groups in total. The van der Waals surface area contributed by atoms with Gasteiger partial charge >= 0.3 is 0 Å². The highest BCUT2D eigenvalue weighted by molar-refractivity contribution is 5.78. The Balaban J connectivity index is 2.59. The van der Waals surface area contributed by atoms with Crippen LogP contribution in [0.2, 0.25) is 0 Å². The number of benzene rings is 1. The molecule has 0 bridgehead atoms. The van der Waals surface area contributed by atoms with E-state index in [1.54, 1.807) is 19.2 Å². The number of nitrogens with zero attached hydrogens (tertiary/aromatic N) is 1. The first-order valence-electron chi connectivity index (χ1n) is 6.45. The van der Waals surface area contributed by atoms with Gasteiger partial charge in [0.1, 0.15) is 11.8 Å². The van der Waals surface area contributed by atoms with E-state index in [0.717, 1.165) is 11.4 Å². The van der Waals surface area contributed by atoms with Crippen LogP contribution >= 0.6 is 0 Å². The maximum atomic E-state index is 11.8. The van der Waals surface area contributed by atoms with E-state index in [1.165, 1.54) is 0 Å². The zero-order valence-corrected chi connectivity index (χ0v) is 12.4. The number of amides is 1. The Morgan fingerprint density at radius 3 is 2.40 bits per heavy atom. The highest BCUT2D eigenvalue weighted by Crippen LogP contribution is 2.16. The lowest BCUT2D eigenvalue weighted by Crippen LogP contribution is -2.42. The molecular formula is C15H21N3O2. The van der Waals surface area contributed by atoms with Gasteiger partial charge in [-0.25, -0.2) is 0 Å². The predicted octanol–water partition coefficient (Wildman–Crippen LogP) is 2.30. The SMILES string of the molecule is COc1ccc(NC(C#N)CC(=O)NC(C)(C)C)cc1. The van der Waals surface area contributed by atoms with Crippen molar-refractivity contribution in [2.24, 2.45) is 0 Å². The van der Waals surface area contributed by atoms with Crippen LogP contribution in [0, 0.1) is 11.3 Å². The molecule has 5 nitrogen and oxygen atoms in total. The minimum Gasteiger partial charge on any atom is -0.497 e.